The molecule has 0 amide bonds. The van der Waals surface area contributed by atoms with Gasteiger partial charge in [-0.25, -0.2) is 0 Å². The van der Waals surface area contributed by atoms with E-state index < -0.39 is 10.1 Å². The monoisotopic (exact) mass is 208 g/mol. The van der Waals surface area contributed by atoms with Crippen LogP contribution < -0.4 is 33.7 Å². The van der Waals surface area contributed by atoms with Crippen molar-refractivity contribution in [1.82, 2.24) is 0 Å². The van der Waals surface area contributed by atoms with Gasteiger partial charge in [-0.1, -0.05) is 24.8 Å². The van der Waals surface area contributed by atoms with Gasteiger partial charge in [-0.3, -0.25) is 0 Å². The van der Waals surface area contributed by atoms with Crippen LogP contribution in [0.5, 0.6) is 5.75 Å². The van der Waals surface area contributed by atoms with Crippen molar-refractivity contribution in [3.05, 3.63) is 42.3 Å². The fraction of sp³-hybridized carbons (Fsp3) is 0. The molecule has 66 valence electrons. The first-order valence-corrected chi connectivity index (χ1v) is 4.73. The number of rotatable bonds is 3. The predicted octanol–water partition coefficient (Wildman–Crippen LogP) is -1.34. The van der Waals surface area contributed by atoms with Gasteiger partial charge in [-0.2, -0.15) is 8.42 Å². The Bertz CT molecular complexity index is 363. The van der Waals surface area contributed by atoms with Crippen molar-refractivity contribution in [2.24, 2.45) is 0 Å². The zero-order valence-electron chi connectivity index (χ0n) is 8.30. The van der Waals surface area contributed by atoms with Gasteiger partial charge < -0.3 is 5.61 Å². The van der Waals surface area contributed by atoms with Gasteiger partial charge in [-0.15, -0.1) is 0 Å². The molecule has 1 rings (SSSR count). The molecule has 0 saturated heterocycles. The summed E-state index contributed by atoms with van der Waals surface area (Å²) >= 11 is 0. The van der Waals surface area contributed by atoms with Gasteiger partial charge in [0, 0.05) is 0 Å². The fourth-order valence-corrected chi connectivity index (χ4v) is 1.09. The zero-order chi connectivity index (χ0) is 9.03. The Hall–Kier alpha value is -0.290. The largest absolute Gasteiger partial charge is 1.00 e. The summed E-state index contributed by atoms with van der Waals surface area (Å²) in [6, 6.07) is 8.26. The molecular formula is C8H9NaO3S. The average Bonchev–Trinajstić information content (AvgIpc) is 2.06. The molecule has 0 aromatic heterocycles. The minimum Gasteiger partial charge on any atom is -1.00 e. The maximum atomic E-state index is 10.8. The topological polar surface area (TPSA) is 43.4 Å². The van der Waals surface area contributed by atoms with Crippen LogP contribution in [0.2, 0.25) is 0 Å². The van der Waals surface area contributed by atoms with E-state index in [0.717, 1.165) is 5.41 Å². The molecule has 0 aliphatic heterocycles. The van der Waals surface area contributed by atoms with E-state index in [-0.39, 0.29) is 36.7 Å². The summed E-state index contributed by atoms with van der Waals surface area (Å²) in [6.45, 7) is 3.12. The summed E-state index contributed by atoms with van der Waals surface area (Å²) in [7, 11) is -3.61. The molecule has 5 heteroatoms. The molecule has 3 nitrogen and oxygen atoms in total. The van der Waals surface area contributed by atoms with E-state index in [2.05, 4.69) is 10.8 Å². The van der Waals surface area contributed by atoms with Crippen molar-refractivity contribution in [2.75, 3.05) is 0 Å². The van der Waals surface area contributed by atoms with Crippen molar-refractivity contribution in [1.29, 1.82) is 0 Å². The number of benzene rings is 1. The summed E-state index contributed by atoms with van der Waals surface area (Å²) in [5.74, 6) is 0.289. The van der Waals surface area contributed by atoms with Crippen LogP contribution in [0.15, 0.2) is 42.3 Å². The quantitative estimate of drug-likeness (QED) is 0.456. The number of hydrogen-bond donors (Lipinski definition) is 0. The second-order valence-corrected chi connectivity index (χ2v) is 3.54. The first-order valence-electron chi connectivity index (χ1n) is 3.26. The van der Waals surface area contributed by atoms with Crippen molar-refractivity contribution >= 4 is 10.1 Å². The second-order valence-electron chi connectivity index (χ2n) is 2.06. The number of hydrogen-bond acceptors (Lipinski definition) is 3. The third-order valence-corrected chi connectivity index (χ3v) is 1.99. The van der Waals surface area contributed by atoms with Crippen LogP contribution in [-0.4, -0.2) is 8.42 Å². The Morgan fingerprint density at radius 1 is 1.31 bits per heavy atom. The van der Waals surface area contributed by atoms with E-state index in [9.17, 15) is 8.42 Å². The summed E-state index contributed by atoms with van der Waals surface area (Å²) in [6.07, 6.45) is 0. The smallest absolute Gasteiger partial charge is 1.00 e. The molecule has 0 atom stereocenters. The van der Waals surface area contributed by atoms with Crippen molar-refractivity contribution in [3.8, 4) is 5.75 Å². The van der Waals surface area contributed by atoms with E-state index in [1.54, 1.807) is 30.3 Å². The molecule has 0 aliphatic carbocycles. The standard InChI is InChI=1S/C8H8O3S.Na.H/c1-2-12(9,10)11-8-6-4-3-5-7-8;;/h2-7H,1H2;;/q;+1;-1. The second kappa shape index (κ2) is 5.44. The molecule has 1 aromatic rings. The molecule has 0 N–H and O–H groups in total. The fourth-order valence-electron chi connectivity index (χ4n) is 0.644. The third kappa shape index (κ3) is 4.47. The molecule has 0 bridgehead atoms. The summed E-state index contributed by atoms with van der Waals surface area (Å²) in [5, 5.41) is 0.764. The van der Waals surface area contributed by atoms with Crippen LogP contribution in [0, 0.1) is 0 Å². The number of para-hydroxylation sites is 1. The Balaban J connectivity index is 0. The first kappa shape index (κ1) is 12.7. The van der Waals surface area contributed by atoms with Crippen molar-refractivity contribution in [3.63, 3.8) is 0 Å². The van der Waals surface area contributed by atoms with Gasteiger partial charge >= 0.3 is 39.7 Å². The van der Waals surface area contributed by atoms with E-state index >= 15 is 0 Å². The van der Waals surface area contributed by atoms with E-state index in [1.807, 2.05) is 0 Å². The Morgan fingerprint density at radius 2 is 1.85 bits per heavy atom. The SMILES string of the molecule is C=CS(=O)(=O)Oc1ccccc1.[H-].[Na+]. The molecular weight excluding hydrogens is 199 g/mol. The minimum atomic E-state index is -3.61. The van der Waals surface area contributed by atoms with Crippen LogP contribution in [-0.2, 0) is 10.1 Å². The minimum absolute atomic E-state index is 0. The molecule has 0 heterocycles. The Labute approximate surface area is 101 Å². The molecule has 0 spiro atoms. The Kier molecular flexibility index (Phi) is 5.32. The van der Waals surface area contributed by atoms with Crippen LogP contribution in [0.3, 0.4) is 0 Å². The summed E-state index contributed by atoms with van der Waals surface area (Å²) in [5.41, 5.74) is 0. The molecule has 0 unspecified atom stereocenters. The van der Waals surface area contributed by atoms with Gasteiger partial charge in [-0.05, 0) is 12.1 Å². The van der Waals surface area contributed by atoms with Gasteiger partial charge in [0.1, 0.15) is 5.75 Å². The summed E-state index contributed by atoms with van der Waals surface area (Å²) < 4.78 is 26.3. The van der Waals surface area contributed by atoms with Crippen molar-refractivity contribution < 1.29 is 43.6 Å². The normalized spacial score (nSPS) is 9.85. The van der Waals surface area contributed by atoms with Crippen LogP contribution in [0.25, 0.3) is 0 Å². The van der Waals surface area contributed by atoms with Gasteiger partial charge in [0.2, 0.25) is 0 Å². The van der Waals surface area contributed by atoms with E-state index in [4.69, 9.17) is 0 Å². The maximum Gasteiger partial charge on any atom is 1.00 e. The molecule has 1 aromatic carbocycles. The van der Waals surface area contributed by atoms with Crippen molar-refractivity contribution in [2.45, 2.75) is 0 Å². The zero-order valence-corrected chi connectivity index (χ0v) is 10.1. The molecule has 0 aliphatic rings. The average molecular weight is 208 g/mol. The molecule has 0 saturated carbocycles. The van der Waals surface area contributed by atoms with Gasteiger partial charge in [0.05, 0.1) is 5.41 Å². The predicted molar refractivity (Wildman–Crippen MR) is 47.3 cm³/mol. The first-order chi connectivity index (χ1) is 5.64. The van der Waals surface area contributed by atoms with Crippen LogP contribution in [0.4, 0.5) is 0 Å². The maximum absolute atomic E-state index is 10.8. The third-order valence-electron chi connectivity index (χ3n) is 1.16. The van der Waals surface area contributed by atoms with Gasteiger partial charge in [0.15, 0.2) is 0 Å². The summed E-state index contributed by atoms with van der Waals surface area (Å²) in [4.78, 5) is 0. The van der Waals surface area contributed by atoms with Crippen LogP contribution in [0.1, 0.15) is 1.43 Å². The van der Waals surface area contributed by atoms with E-state index in [1.165, 1.54) is 0 Å². The van der Waals surface area contributed by atoms with E-state index in [0.29, 0.717) is 0 Å². The Morgan fingerprint density at radius 3 is 2.31 bits per heavy atom. The molecule has 0 fully saturated rings. The molecule has 0 radical (unpaired) electrons. The van der Waals surface area contributed by atoms with Gasteiger partial charge in [0.25, 0.3) is 0 Å². The molecule has 13 heavy (non-hydrogen) atoms. The van der Waals surface area contributed by atoms with Crippen LogP contribution >= 0.6 is 0 Å².